The summed E-state index contributed by atoms with van der Waals surface area (Å²) in [7, 11) is -1.62. The Hall–Kier alpha value is -1.61. The van der Waals surface area contributed by atoms with Crippen molar-refractivity contribution >= 4 is 15.7 Å². The fourth-order valence-electron chi connectivity index (χ4n) is 4.97. The number of likely N-dealkylation sites (tertiary alicyclic amines) is 1. The number of alkyl halides is 3. The Morgan fingerprint density at radius 1 is 1.17 bits per heavy atom. The Kier molecular flexibility index (Phi) is 6.53. The summed E-state index contributed by atoms with van der Waals surface area (Å²) in [6, 6.07) is 5.03. The molecule has 2 aliphatic rings. The normalized spacial score (nSPS) is 25.2. The first-order chi connectivity index (χ1) is 14.0. The van der Waals surface area contributed by atoms with Crippen molar-refractivity contribution in [2.24, 2.45) is 5.92 Å². The maximum Gasteiger partial charge on any atom is 0.416 e. The zero-order chi connectivity index (χ0) is 22.2. The average molecular weight is 447 g/mol. The third kappa shape index (κ3) is 4.51. The predicted octanol–water partition coefficient (Wildman–Crippen LogP) is 3.56. The Labute approximate surface area is 175 Å². The SMILES string of the molecule is CN1CCCC(CNC(=O)C2(S(C)(=O)=O)CCCC2)C1c1ccc(C(F)(F)F)cc1. The molecule has 2 atom stereocenters. The molecule has 0 radical (unpaired) electrons. The molecule has 1 saturated carbocycles. The van der Waals surface area contributed by atoms with E-state index in [1.807, 2.05) is 7.05 Å². The van der Waals surface area contributed by atoms with Crippen molar-refractivity contribution < 1.29 is 26.4 Å². The van der Waals surface area contributed by atoms with E-state index in [0.29, 0.717) is 32.2 Å². The van der Waals surface area contributed by atoms with Crippen LogP contribution in [0, 0.1) is 5.92 Å². The minimum Gasteiger partial charge on any atom is -0.354 e. The van der Waals surface area contributed by atoms with Crippen LogP contribution in [0.1, 0.15) is 55.7 Å². The van der Waals surface area contributed by atoms with Gasteiger partial charge in [-0.05, 0) is 62.9 Å². The number of hydrogen-bond donors (Lipinski definition) is 1. The molecule has 0 spiro atoms. The number of nitrogens with zero attached hydrogens (tertiary/aromatic N) is 1. The van der Waals surface area contributed by atoms with E-state index in [2.05, 4.69) is 10.2 Å². The van der Waals surface area contributed by atoms with E-state index < -0.39 is 32.2 Å². The molecule has 9 heteroatoms. The van der Waals surface area contributed by atoms with Crippen molar-refractivity contribution in [2.75, 3.05) is 26.4 Å². The number of carbonyl (C=O) groups is 1. The topological polar surface area (TPSA) is 66.5 Å². The third-order valence-corrected chi connectivity index (χ3v) is 8.66. The number of sulfone groups is 1. The van der Waals surface area contributed by atoms with Gasteiger partial charge in [0.25, 0.3) is 0 Å². The van der Waals surface area contributed by atoms with Gasteiger partial charge in [0.2, 0.25) is 5.91 Å². The molecule has 168 valence electrons. The van der Waals surface area contributed by atoms with Crippen molar-refractivity contribution in [2.45, 2.75) is 55.5 Å². The summed E-state index contributed by atoms with van der Waals surface area (Å²) in [5, 5.41) is 2.87. The van der Waals surface area contributed by atoms with Crippen LogP contribution in [0.5, 0.6) is 0 Å². The van der Waals surface area contributed by atoms with Crippen LogP contribution < -0.4 is 5.32 Å². The van der Waals surface area contributed by atoms with E-state index in [1.165, 1.54) is 12.1 Å². The number of halogens is 3. The van der Waals surface area contributed by atoms with Gasteiger partial charge in [-0.15, -0.1) is 0 Å². The fourth-order valence-corrected chi connectivity index (χ4v) is 6.41. The maximum atomic E-state index is 12.9. The van der Waals surface area contributed by atoms with E-state index in [0.717, 1.165) is 43.3 Å². The Balaban J connectivity index is 1.76. The zero-order valence-corrected chi connectivity index (χ0v) is 18.2. The van der Waals surface area contributed by atoms with E-state index >= 15 is 0 Å². The molecule has 1 aliphatic heterocycles. The molecule has 1 amide bonds. The highest BCUT2D eigenvalue weighted by Crippen LogP contribution is 2.39. The Morgan fingerprint density at radius 3 is 2.30 bits per heavy atom. The number of amides is 1. The molecule has 2 fully saturated rings. The first-order valence-corrected chi connectivity index (χ1v) is 12.2. The van der Waals surface area contributed by atoms with Gasteiger partial charge >= 0.3 is 6.18 Å². The lowest BCUT2D eigenvalue weighted by Gasteiger charge is -2.40. The third-order valence-electron chi connectivity index (χ3n) is 6.65. The number of benzene rings is 1. The second kappa shape index (κ2) is 8.49. The summed E-state index contributed by atoms with van der Waals surface area (Å²) in [4.78, 5) is 15.0. The number of nitrogens with one attached hydrogen (secondary N) is 1. The van der Waals surface area contributed by atoms with Gasteiger partial charge in [-0.3, -0.25) is 9.69 Å². The molecule has 1 aromatic carbocycles. The molecule has 1 aliphatic carbocycles. The van der Waals surface area contributed by atoms with Gasteiger partial charge in [-0.2, -0.15) is 13.2 Å². The lowest BCUT2D eigenvalue weighted by atomic mass is 9.84. The largest absolute Gasteiger partial charge is 0.416 e. The van der Waals surface area contributed by atoms with Crippen molar-refractivity contribution in [1.82, 2.24) is 10.2 Å². The van der Waals surface area contributed by atoms with Gasteiger partial charge < -0.3 is 5.32 Å². The molecule has 1 N–H and O–H groups in total. The van der Waals surface area contributed by atoms with Gasteiger partial charge in [0, 0.05) is 18.8 Å². The zero-order valence-electron chi connectivity index (χ0n) is 17.3. The first kappa shape index (κ1) is 23.1. The molecule has 1 aromatic rings. The Bertz CT molecular complexity index is 862. The van der Waals surface area contributed by atoms with E-state index in [9.17, 15) is 26.4 Å². The first-order valence-electron chi connectivity index (χ1n) is 10.3. The van der Waals surface area contributed by atoms with Crippen LogP contribution in [0.3, 0.4) is 0 Å². The maximum absolute atomic E-state index is 12.9. The number of hydrogen-bond acceptors (Lipinski definition) is 4. The van der Waals surface area contributed by atoms with E-state index in [4.69, 9.17) is 0 Å². The van der Waals surface area contributed by atoms with Crippen LogP contribution in [-0.4, -0.2) is 50.4 Å². The van der Waals surface area contributed by atoms with Crippen molar-refractivity contribution in [1.29, 1.82) is 0 Å². The molecule has 1 saturated heterocycles. The summed E-state index contributed by atoms with van der Waals surface area (Å²) in [6.45, 7) is 1.11. The highest BCUT2D eigenvalue weighted by Gasteiger charge is 2.50. The van der Waals surface area contributed by atoms with Crippen molar-refractivity contribution in [3.63, 3.8) is 0 Å². The summed E-state index contributed by atoms with van der Waals surface area (Å²) < 4.78 is 62.0. The second-order valence-corrected chi connectivity index (χ2v) is 11.0. The fraction of sp³-hybridized carbons (Fsp3) is 0.667. The second-order valence-electron chi connectivity index (χ2n) is 8.63. The molecule has 0 aromatic heterocycles. The van der Waals surface area contributed by atoms with Crippen LogP contribution in [0.25, 0.3) is 0 Å². The average Bonchev–Trinajstić information content (AvgIpc) is 3.17. The highest BCUT2D eigenvalue weighted by atomic mass is 32.2. The van der Waals surface area contributed by atoms with Crippen LogP contribution >= 0.6 is 0 Å². The van der Waals surface area contributed by atoms with Crippen LogP contribution in [0.2, 0.25) is 0 Å². The predicted molar refractivity (Wildman–Crippen MR) is 109 cm³/mol. The molecule has 3 rings (SSSR count). The summed E-state index contributed by atoms with van der Waals surface area (Å²) >= 11 is 0. The van der Waals surface area contributed by atoms with Crippen LogP contribution in [0.4, 0.5) is 13.2 Å². The minimum atomic E-state index is -4.38. The van der Waals surface area contributed by atoms with Crippen LogP contribution in [-0.2, 0) is 20.8 Å². The van der Waals surface area contributed by atoms with Gasteiger partial charge in [-0.25, -0.2) is 8.42 Å². The summed E-state index contributed by atoms with van der Waals surface area (Å²) in [5.74, 6) is -0.454. The van der Waals surface area contributed by atoms with E-state index in [-0.39, 0.29) is 12.0 Å². The quantitative estimate of drug-likeness (QED) is 0.751. The molecule has 5 nitrogen and oxygen atoms in total. The molecule has 1 heterocycles. The lowest BCUT2D eigenvalue weighted by molar-refractivity contribution is -0.137. The van der Waals surface area contributed by atoms with Gasteiger partial charge in [0.05, 0.1) is 5.56 Å². The summed E-state index contributed by atoms with van der Waals surface area (Å²) in [6.07, 6.45) is 0.549. The minimum absolute atomic E-state index is 0.0116. The molecule has 30 heavy (non-hydrogen) atoms. The van der Waals surface area contributed by atoms with E-state index in [1.54, 1.807) is 0 Å². The number of carbonyl (C=O) groups excluding carboxylic acids is 1. The number of rotatable bonds is 5. The van der Waals surface area contributed by atoms with Crippen molar-refractivity contribution in [3.8, 4) is 0 Å². The molecular formula is C21H29F3N2O3S. The monoisotopic (exact) mass is 446 g/mol. The van der Waals surface area contributed by atoms with Crippen LogP contribution in [0.15, 0.2) is 24.3 Å². The molecule has 0 bridgehead atoms. The van der Waals surface area contributed by atoms with Gasteiger partial charge in [-0.1, -0.05) is 25.0 Å². The lowest BCUT2D eigenvalue weighted by Crippen LogP contribution is -2.52. The molecular weight excluding hydrogens is 417 g/mol. The van der Waals surface area contributed by atoms with Crippen molar-refractivity contribution in [3.05, 3.63) is 35.4 Å². The van der Waals surface area contributed by atoms with Gasteiger partial charge in [0.1, 0.15) is 4.75 Å². The number of piperidine rings is 1. The highest BCUT2D eigenvalue weighted by molar-refractivity contribution is 7.92. The van der Waals surface area contributed by atoms with Gasteiger partial charge in [0.15, 0.2) is 9.84 Å². The summed E-state index contributed by atoms with van der Waals surface area (Å²) in [5.41, 5.74) is 0.0778. The Morgan fingerprint density at radius 2 is 1.77 bits per heavy atom. The smallest absolute Gasteiger partial charge is 0.354 e. The molecule has 2 unspecified atom stereocenters. The standard InChI is InChI=1S/C21H29F3N2O3S/c1-26-13-5-6-16(18(26)15-7-9-17(10-8-15)21(22,23)24)14-25-19(27)20(30(2,28)29)11-3-4-12-20/h7-10,16,18H,3-6,11-14H2,1-2H3,(H,25,27).